The van der Waals surface area contributed by atoms with Crippen molar-refractivity contribution >= 4 is 11.8 Å². The topological polar surface area (TPSA) is 0 Å². The zero-order valence-electron chi connectivity index (χ0n) is 6.09. The first-order valence-electron chi connectivity index (χ1n) is 3.77. The molecule has 0 aliphatic heterocycles. The van der Waals surface area contributed by atoms with E-state index in [0.29, 0.717) is 5.25 Å². The van der Waals surface area contributed by atoms with Crippen molar-refractivity contribution in [2.24, 2.45) is 0 Å². The molecular formula is C9H9FS. The van der Waals surface area contributed by atoms with Gasteiger partial charge in [0, 0.05) is 10.1 Å². The van der Waals surface area contributed by atoms with Gasteiger partial charge in [0.15, 0.2) is 0 Å². The van der Waals surface area contributed by atoms with Crippen molar-refractivity contribution in [2.75, 3.05) is 0 Å². The summed E-state index contributed by atoms with van der Waals surface area (Å²) in [5, 5.41) is 0.687. The molecule has 11 heavy (non-hydrogen) atoms. The fraction of sp³-hybridized carbons (Fsp3) is 0.333. The molecule has 0 spiro atoms. The van der Waals surface area contributed by atoms with Crippen molar-refractivity contribution in [3.63, 3.8) is 0 Å². The van der Waals surface area contributed by atoms with Crippen molar-refractivity contribution in [3.05, 3.63) is 30.1 Å². The second-order valence-corrected chi connectivity index (χ2v) is 4.09. The largest absolute Gasteiger partial charge is 0.206 e. The highest BCUT2D eigenvalue weighted by molar-refractivity contribution is 8.00. The van der Waals surface area contributed by atoms with Gasteiger partial charge in [0.25, 0.3) is 0 Å². The van der Waals surface area contributed by atoms with E-state index in [1.165, 1.54) is 18.9 Å². The molecule has 0 heterocycles. The zero-order valence-corrected chi connectivity index (χ0v) is 6.90. The molecule has 0 bridgehead atoms. The van der Waals surface area contributed by atoms with Crippen LogP contribution < -0.4 is 0 Å². The van der Waals surface area contributed by atoms with Gasteiger partial charge in [0.05, 0.1) is 0 Å². The molecule has 1 saturated carbocycles. The van der Waals surface area contributed by atoms with Crippen molar-refractivity contribution in [2.45, 2.75) is 23.0 Å². The smallest absolute Gasteiger partial charge is 0.136 e. The summed E-state index contributed by atoms with van der Waals surface area (Å²) in [6.45, 7) is 0. The van der Waals surface area contributed by atoms with Gasteiger partial charge in [-0.15, -0.1) is 11.8 Å². The first-order valence-corrected chi connectivity index (χ1v) is 4.65. The minimum Gasteiger partial charge on any atom is -0.206 e. The van der Waals surface area contributed by atoms with Crippen LogP contribution in [0, 0.1) is 5.82 Å². The van der Waals surface area contributed by atoms with Crippen LogP contribution in [0.15, 0.2) is 29.2 Å². The highest BCUT2D eigenvalue weighted by Gasteiger charge is 2.23. The lowest BCUT2D eigenvalue weighted by Gasteiger charge is -1.98. The zero-order chi connectivity index (χ0) is 7.68. The first kappa shape index (κ1) is 7.17. The number of hydrogen-bond donors (Lipinski definition) is 0. The van der Waals surface area contributed by atoms with E-state index in [-0.39, 0.29) is 5.82 Å². The molecule has 1 aliphatic rings. The molecule has 0 N–H and O–H groups in total. The molecule has 0 unspecified atom stereocenters. The van der Waals surface area contributed by atoms with E-state index >= 15 is 0 Å². The molecule has 0 nitrogen and oxygen atoms in total. The molecule has 2 rings (SSSR count). The summed E-state index contributed by atoms with van der Waals surface area (Å²) in [4.78, 5) is 0.801. The van der Waals surface area contributed by atoms with E-state index in [1.807, 2.05) is 12.1 Å². The number of benzene rings is 1. The van der Waals surface area contributed by atoms with E-state index in [0.717, 1.165) is 4.90 Å². The maximum absolute atomic E-state index is 13.0. The molecule has 1 aliphatic carbocycles. The third kappa shape index (κ3) is 1.74. The van der Waals surface area contributed by atoms with E-state index in [1.54, 1.807) is 17.8 Å². The van der Waals surface area contributed by atoms with Crippen LogP contribution in [0.3, 0.4) is 0 Å². The summed E-state index contributed by atoms with van der Waals surface area (Å²) in [6.07, 6.45) is 2.50. The van der Waals surface area contributed by atoms with Crippen LogP contribution in [0.4, 0.5) is 4.39 Å². The molecule has 0 amide bonds. The Morgan fingerprint density at radius 2 is 2.00 bits per heavy atom. The van der Waals surface area contributed by atoms with Crippen LogP contribution in [0.25, 0.3) is 0 Å². The number of thioether (sulfide) groups is 1. The molecule has 0 saturated heterocycles. The predicted molar refractivity (Wildman–Crippen MR) is 45.3 cm³/mol. The third-order valence-electron chi connectivity index (χ3n) is 1.65. The third-order valence-corrected chi connectivity index (χ3v) is 3.04. The van der Waals surface area contributed by atoms with Crippen molar-refractivity contribution < 1.29 is 4.39 Å². The Labute approximate surface area is 69.8 Å². The Hall–Kier alpha value is -0.500. The number of rotatable bonds is 2. The van der Waals surface area contributed by atoms with Crippen LogP contribution >= 0.6 is 11.8 Å². The van der Waals surface area contributed by atoms with Gasteiger partial charge in [0.1, 0.15) is 5.82 Å². The molecule has 0 radical (unpaired) electrons. The van der Waals surface area contributed by atoms with Gasteiger partial charge in [-0.25, -0.2) is 4.39 Å². The maximum atomic E-state index is 13.0. The van der Waals surface area contributed by atoms with Crippen LogP contribution in [-0.2, 0) is 0 Å². The normalized spacial score (nSPS) is 16.8. The summed E-state index contributed by atoms with van der Waals surface area (Å²) in [7, 11) is 0. The minimum atomic E-state index is -0.0793. The second-order valence-electron chi connectivity index (χ2n) is 2.75. The molecule has 1 aromatic rings. The summed E-state index contributed by atoms with van der Waals surface area (Å²) >= 11 is 1.66. The van der Waals surface area contributed by atoms with Gasteiger partial charge in [-0.1, -0.05) is 12.1 Å². The van der Waals surface area contributed by atoms with Crippen molar-refractivity contribution in [1.82, 2.24) is 0 Å². The molecule has 58 valence electrons. The van der Waals surface area contributed by atoms with Gasteiger partial charge < -0.3 is 0 Å². The van der Waals surface area contributed by atoms with Gasteiger partial charge in [-0.2, -0.15) is 0 Å². The lowest BCUT2D eigenvalue weighted by Crippen LogP contribution is -1.80. The van der Waals surface area contributed by atoms with Crippen molar-refractivity contribution in [1.29, 1.82) is 0 Å². The average Bonchev–Trinajstić information content (AvgIpc) is 2.78. The van der Waals surface area contributed by atoms with Crippen LogP contribution in [-0.4, -0.2) is 5.25 Å². The summed E-state index contributed by atoms with van der Waals surface area (Å²) in [5.41, 5.74) is 0. The lowest BCUT2D eigenvalue weighted by atomic mass is 10.3. The van der Waals surface area contributed by atoms with Gasteiger partial charge in [-0.05, 0) is 25.0 Å². The molecule has 2 heteroatoms. The van der Waals surface area contributed by atoms with Crippen molar-refractivity contribution in [3.8, 4) is 0 Å². The minimum absolute atomic E-state index is 0.0793. The van der Waals surface area contributed by atoms with E-state index in [9.17, 15) is 4.39 Å². The first-order chi connectivity index (χ1) is 5.36. The van der Waals surface area contributed by atoms with Crippen LogP contribution in [0.5, 0.6) is 0 Å². The van der Waals surface area contributed by atoms with Crippen LogP contribution in [0.1, 0.15) is 12.8 Å². The maximum Gasteiger partial charge on any atom is 0.136 e. The number of halogens is 1. The van der Waals surface area contributed by atoms with E-state index in [2.05, 4.69) is 0 Å². The Bertz CT molecular complexity index is 255. The second kappa shape index (κ2) is 2.86. The highest BCUT2D eigenvalue weighted by atomic mass is 32.2. The average molecular weight is 168 g/mol. The molecular weight excluding hydrogens is 159 g/mol. The Morgan fingerprint density at radius 1 is 1.27 bits per heavy atom. The standard InChI is InChI=1S/C9H9FS/c10-8-3-1-2-4-9(8)11-7-5-6-7/h1-4,7H,5-6H2. The molecule has 0 aromatic heterocycles. The Kier molecular flexibility index (Phi) is 1.86. The quantitative estimate of drug-likeness (QED) is 0.654. The Morgan fingerprint density at radius 3 is 2.64 bits per heavy atom. The summed E-state index contributed by atoms with van der Waals surface area (Å²) < 4.78 is 13.0. The summed E-state index contributed by atoms with van der Waals surface area (Å²) in [5.74, 6) is -0.0793. The van der Waals surface area contributed by atoms with E-state index in [4.69, 9.17) is 0 Å². The monoisotopic (exact) mass is 168 g/mol. The highest BCUT2D eigenvalue weighted by Crippen LogP contribution is 2.39. The van der Waals surface area contributed by atoms with Gasteiger partial charge >= 0.3 is 0 Å². The Balaban J connectivity index is 2.15. The van der Waals surface area contributed by atoms with Gasteiger partial charge in [-0.3, -0.25) is 0 Å². The SMILES string of the molecule is Fc1ccccc1SC1CC1. The van der Waals surface area contributed by atoms with E-state index < -0.39 is 0 Å². The lowest BCUT2D eigenvalue weighted by molar-refractivity contribution is 0.602. The molecule has 1 aromatic carbocycles. The molecule has 0 atom stereocenters. The molecule has 1 fully saturated rings. The fourth-order valence-corrected chi connectivity index (χ4v) is 1.97. The number of hydrogen-bond acceptors (Lipinski definition) is 1. The predicted octanol–water partition coefficient (Wildman–Crippen LogP) is 3.08. The van der Waals surface area contributed by atoms with Gasteiger partial charge in [0.2, 0.25) is 0 Å². The van der Waals surface area contributed by atoms with Crippen LogP contribution in [0.2, 0.25) is 0 Å². The fourth-order valence-electron chi connectivity index (χ4n) is 0.906. The summed E-state index contributed by atoms with van der Waals surface area (Å²) in [6, 6.07) is 6.98.